The number of nitro benzene ring substituents is 1. The number of hydrogen-bond donors (Lipinski definition) is 1. The van der Waals surface area contributed by atoms with Gasteiger partial charge in [-0.05, 0) is 24.3 Å². The van der Waals surface area contributed by atoms with E-state index >= 15 is 0 Å². The van der Waals surface area contributed by atoms with Gasteiger partial charge in [-0.25, -0.2) is 4.79 Å². The number of para-hydroxylation sites is 1. The Hall–Kier alpha value is -3.16. The largest absolute Gasteiger partial charge is 0.507 e. The fraction of sp³-hybridized carbons (Fsp3) is 0.133. The van der Waals surface area contributed by atoms with E-state index in [2.05, 4.69) is 4.74 Å². The van der Waals surface area contributed by atoms with E-state index in [1.807, 2.05) is 0 Å². The monoisotopic (exact) mass is 323 g/mol. The van der Waals surface area contributed by atoms with Crippen molar-refractivity contribution >= 4 is 11.7 Å². The Morgan fingerprint density at radius 2 is 1.87 bits per heavy atom. The quantitative estimate of drug-likeness (QED) is 0.530. The molecule has 8 heteroatoms. The summed E-state index contributed by atoms with van der Waals surface area (Å²) in [5.74, 6) is -1.00. The predicted molar refractivity (Wildman–Crippen MR) is 79.1 cm³/mol. The number of hydrogen-bond acceptors (Lipinski definition) is 6. The first kappa shape index (κ1) is 17.9. The second-order valence-electron chi connectivity index (χ2n) is 4.08. The molecule has 0 aromatic heterocycles. The molecule has 2 aromatic rings. The van der Waals surface area contributed by atoms with Crippen LogP contribution in [0.4, 0.5) is 10.1 Å². The van der Waals surface area contributed by atoms with Crippen LogP contribution in [-0.2, 0) is 4.74 Å². The summed E-state index contributed by atoms with van der Waals surface area (Å²) in [6.45, 7) is 0. The van der Waals surface area contributed by atoms with Crippen molar-refractivity contribution in [1.29, 1.82) is 0 Å². The summed E-state index contributed by atoms with van der Waals surface area (Å²) in [7, 11) is 2.73. The number of benzene rings is 2. The third-order valence-corrected chi connectivity index (χ3v) is 2.66. The topological polar surface area (TPSA) is 98.9 Å². The average Bonchev–Trinajstić information content (AvgIpc) is 2.55. The average molecular weight is 323 g/mol. The van der Waals surface area contributed by atoms with Gasteiger partial charge in [0.2, 0.25) is 5.82 Å². The Bertz CT molecular complexity index is 704. The summed E-state index contributed by atoms with van der Waals surface area (Å²) >= 11 is 0. The molecule has 0 spiro atoms. The van der Waals surface area contributed by atoms with Crippen molar-refractivity contribution in [2.24, 2.45) is 0 Å². The lowest BCUT2D eigenvalue weighted by molar-refractivity contribution is -0.387. The smallest absolute Gasteiger partial charge is 0.341 e. The fourth-order valence-corrected chi connectivity index (χ4v) is 1.52. The van der Waals surface area contributed by atoms with Crippen LogP contribution in [0.2, 0.25) is 0 Å². The maximum atomic E-state index is 12.4. The standard InChI is InChI=1S/C9H10O4.C6H4FNO2/c1-12-6-3-4-8(10)7(5-6)9(11)13-2;7-5-3-1-2-4-6(5)8(9)10/h3-5,10H,1-2H3;1-4H. The van der Waals surface area contributed by atoms with Gasteiger partial charge in [0.15, 0.2) is 0 Å². The summed E-state index contributed by atoms with van der Waals surface area (Å²) in [6.07, 6.45) is 0. The minimum atomic E-state index is -0.799. The number of esters is 1. The third kappa shape index (κ3) is 4.95. The van der Waals surface area contributed by atoms with Crippen molar-refractivity contribution in [1.82, 2.24) is 0 Å². The summed E-state index contributed by atoms with van der Waals surface area (Å²) in [5.41, 5.74) is -0.385. The molecule has 0 aliphatic carbocycles. The molecular formula is C15H14FNO6. The number of nitrogens with zero attached hydrogens (tertiary/aromatic N) is 1. The molecule has 0 saturated carbocycles. The van der Waals surface area contributed by atoms with Crippen LogP contribution in [-0.4, -0.2) is 30.2 Å². The minimum absolute atomic E-state index is 0.0989. The summed E-state index contributed by atoms with van der Waals surface area (Å²) in [6, 6.07) is 9.35. The maximum Gasteiger partial charge on any atom is 0.341 e. The summed E-state index contributed by atoms with van der Waals surface area (Å²) < 4.78 is 21.7. The zero-order valence-electron chi connectivity index (χ0n) is 12.4. The van der Waals surface area contributed by atoms with Crippen molar-refractivity contribution in [2.45, 2.75) is 0 Å². The van der Waals surface area contributed by atoms with Crippen LogP contribution in [0.3, 0.4) is 0 Å². The van der Waals surface area contributed by atoms with E-state index in [1.54, 1.807) is 6.07 Å². The number of rotatable bonds is 3. The lowest BCUT2D eigenvalue weighted by atomic mass is 10.2. The van der Waals surface area contributed by atoms with E-state index in [0.29, 0.717) is 5.75 Å². The maximum absolute atomic E-state index is 12.4. The van der Waals surface area contributed by atoms with Crippen molar-refractivity contribution < 1.29 is 28.7 Å². The second-order valence-corrected chi connectivity index (χ2v) is 4.08. The molecule has 7 nitrogen and oxygen atoms in total. The van der Waals surface area contributed by atoms with Gasteiger partial charge in [-0.3, -0.25) is 10.1 Å². The number of methoxy groups -OCH3 is 2. The molecular weight excluding hydrogens is 309 g/mol. The molecule has 0 unspecified atom stereocenters. The summed E-state index contributed by atoms with van der Waals surface area (Å²) in [5, 5.41) is 19.3. The SMILES string of the molecule is COC(=O)c1cc(OC)ccc1O.O=[N+]([O-])c1ccccc1F. The van der Waals surface area contributed by atoms with Crippen molar-refractivity contribution in [3.05, 3.63) is 64.0 Å². The molecule has 23 heavy (non-hydrogen) atoms. The Kier molecular flexibility index (Phi) is 6.47. The number of carbonyl (C=O) groups is 1. The zero-order chi connectivity index (χ0) is 17.4. The predicted octanol–water partition coefficient (Wildman–Crippen LogP) is 2.92. The van der Waals surface area contributed by atoms with Gasteiger partial charge in [0.1, 0.15) is 17.1 Å². The number of aromatic hydroxyl groups is 1. The number of phenols is 1. The lowest BCUT2D eigenvalue weighted by Gasteiger charge is -2.04. The van der Waals surface area contributed by atoms with Crippen molar-refractivity contribution in [3.63, 3.8) is 0 Å². The highest BCUT2D eigenvalue weighted by Gasteiger charge is 2.12. The molecule has 122 valence electrons. The molecule has 0 aliphatic rings. The van der Waals surface area contributed by atoms with Crippen LogP contribution < -0.4 is 4.74 Å². The van der Waals surface area contributed by atoms with E-state index in [0.717, 1.165) is 12.1 Å². The molecule has 0 amide bonds. The highest BCUT2D eigenvalue weighted by Crippen LogP contribution is 2.23. The molecule has 0 atom stereocenters. The highest BCUT2D eigenvalue weighted by atomic mass is 19.1. The Labute approximate surface area is 131 Å². The molecule has 1 N–H and O–H groups in total. The Morgan fingerprint density at radius 3 is 2.35 bits per heavy atom. The molecule has 0 fully saturated rings. The van der Waals surface area contributed by atoms with E-state index in [9.17, 15) is 24.4 Å². The first-order valence-corrected chi connectivity index (χ1v) is 6.25. The van der Waals surface area contributed by atoms with Crippen LogP contribution in [0.15, 0.2) is 42.5 Å². The number of carbonyl (C=O) groups excluding carboxylic acids is 1. The molecule has 2 rings (SSSR count). The van der Waals surface area contributed by atoms with E-state index in [1.165, 1.54) is 38.5 Å². The van der Waals surface area contributed by atoms with Crippen LogP contribution in [0.5, 0.6) is 11.5 Å². The first-order valence-electron chi connectivity index (χ1n) is 6.25. The van der Waals surface area contributed by atoms with Gasteiger partial charge < -0.3 is 14.6 Å². The molecule has 2 aromatic carbocycles. The lowest BCUT2D eigenvalue weighted by Crippen LogP contribution is -2.01. The second kappa shape index (κ2) is 8.32. The molecule has 0 bridgehead atoms. The molecule has 0 aliphatic heterocycles. The minimum Gasteiger partial charge on any atom is -0.507 e. The third-order valence-electron chi connectivity index (χ3n) is 2.66. The number of nitro groups is 1. The Balaban J connectivity index is 0.000000238. The highest BCUT2D eigenvalue weighted by molar-refractivity contribution is 5.92. The molecule has 0 saturated heterocycles. The van der Waals surface area contributed by atoms with Gasteiger partial charge in [-0.15, -0.1) is 0 Å². The van der Waals surface area contributed by atoms with Crippen LogP contribution in [0.25, 0.3) is 0 Å². The van der Waals surface area contributed by atoms with E-state index in [4.69, 9.17) is 4.74 Å². The molecule has 0 heterocycles. The molecule has 0 radical (unpaired) electrons. The van der Waals surface area contributed by atoms with Gasteiger partial charge in [-0.2, -0.15) is 4.39 Å². The fourth-order valence-electron chi connectivity index (χ4n) is 1.52. The van der Waals surface area contributed by atoms with Crippen LogP contribution >= 0.6 is 0 Å². The number of phenolic OH excluding ortho intramolecular Hbond substituents is 1. The van der Waals surface area contributed by atoms with E-state index < -0.39 is 22.4 Å². The van der Waals surface area contributed by atoms with E-state index in [-0.39, 0.29) is 11.3 Å². The van der Waals surface area contributed by atoms with Crippen LogP contribution in [0.1, 0.15) is 10.4 Å². The normalized spacial score (nSPS) is 9.35. The summed E-state index contributed by atoms with van der Waals surface area (Å²) in [4.78, 5) is 20.3. The first-order chi connectivity index (χ1) is 10.9. The van der Waals surface area contributed by atoms with Gasteiger partial charge in [0.05, 0.1) is 19.1 Å². The zero-order valence-corrected chi connectivity index (χ0v) is 12.4. The van der Waals surface area contributed by atoms with Gasteiger partial charge >= 0.3 is 11.7 Å². The Morgan fingerprint density at radius 1 is 1.22 bits per heavy atom. The van der Waals surface area contributed by atoms with Gasteiger partial charge in [0, 0.05) is 6.07 Å². The number of halogens is 1. The van der Waals surface area contributed by atoms with Crippen molar-refractivity contribution in [3.8, 4) is 11.5 Å². The van der Waals surface area contributed by atoms with Gasteiger partial charge in [0.25, 0.3) is 0 Å². The van der Waals surface area contributed by atoms with Crippen molar-refractivity contribution in [2.75, 3.05) is 14.2 Å². The number of ether oxygens (including phenoxy) is 2. The van der Waals surface area contributed by atoms with Gasteiger partial charge in [-0.1, -0.05) is 12.1 Å². The van der Waals surface area contributed by atoms with Crippen LogP contribution in [0, 0.1) is 15.9 Å².